The Morgan fingerprint density at radius 3 is 2.72 bits per heavy atom. The highest BCUT2D eigenvalue weighted by Gasteiger charge is 2.58. The lowest BCUT2D eigenvalue weighted by molar-refractivity contribution is -0.118. The smallest absolute Gasteiger partial charge is 0.228 e. The molecular weight excluding hydrogens is 387 g/mol. The average Bonchev–Trinajstić information content (AvgIpc) is 3.43. The van der Waals surface area contributed by atoms with Gasteiger partial charge in [-0.25, -0.2) is 4.39 Å². The summed E-state index contributed by atoms with van der Waals surface area (Å²) in [6, 6.07) is 14.2. The van der Waals surface area contributed by atoms with Gasteiger partial charge in [-0.2, -0.15) is 0 Å². The summed E-state index contributed by atoms with van der Waals surface area (Å²) in [4.78, 5) is 17.1. The number of para-hydroxylation sites is 1. The Balaban J connectivity index is 1.28. The van der Waals surface area contributed by atoms with E-state index in [1.165, 1.54) is 11.6 Å². The molecule has 5 rings (SSSR count). The number of pyridine rings is 1. The molecule has 2 saturated carbocycles. The summed E-state index contributed by atoms with van der Waals surface area (Å²) in [5.41, 5.74) is 2.82. The summed E-state index contributed by atoms with van der Waals surface area (Å²) in [6.07, 6.45) is 6.85. The molecule has 0 unspecified atom stereocenters. The number of nitrogens with zero attached hydrogens (tertiary/aromatic N) is 1. The van der Waals surface area contributed by atoms with E-state index in [1.54, 1.807) is 18.2 Å². The first kappa shape index (κ1) is 18.6. The van der Waals surface area contributed by atoms with Crippen molar-refractivity contribution in [1.82, 2.24) is 4.98 Å². The first-order valence-electron chi connectivity index (χ1n) is 10.2. The van der Waals surface area contributed by atoms with Gasteiger partial charge in [0.15, 0.2) is 0 Å². The molecule has 148 valence electrons. The fraction of sp³-hybridized carbons (Fsp3) is 0.333. The SMILES string of the molecule is O=C(Nc1ccccc1Cl)[C@H]1CC12CCC(c1ccnc3ccc(F)cc13)CC2. The van der Waals surface area contributed by atoms with Gasteiger partial charge in [-0.1, -0.05) is 23.7 Å². The minimum absolute atomic E-state index is 0.0614. The van der Waals surface area contributed by atoms with E-state index >= 15 is 0 Å². The summed E-state index contributed by atoms with van der Waals surface area (Å²) in [6.45, 7) is 0. The van der Waals surface area contributed by atoms with Crippen molar-refractivity contribution in [2.45, 2.75) is 38.0 Å². The van der Waals surface area contributed by atoms with E-state index in [1.807, 2.05) is 30.5 Å². The van der Waals surface area contributed by atoms with Crippen molar-refractivity contribution in [3.05, 3.63) is 71.1 Å². The number of anilines is 1. The van der Waals surface area contributed by atoms with Crippen LogP contribution in [0.3, 0.4) is 0 Å². The third kappa shape index (κ3) is 3.40. The lowest BCUT2D eigenvalue weighted by atomic mass is 9.75. The zero-order chi connectivity index (χ0) is 20.0. The maximum absolute atomic E-state index is 13.8. The maximum atomic E-state index is 13.8. The molecule has 0 radical (unpaired) electrons. The standard InChI is InChI=1S/C24H22ClFN2O/c25-20-3-1-2-4-22(20)28-23(29)19-14-24(19)10-7-15(8-11-24)17-9-12-27-21-6-5-16(26)13-18(17)21/h1-6,9,12-13,15,19H,7-8,10-11,14H2,(H,28,29)/t15?,19-,24?/m1/s1. The third-order valence-corrected chi connectivity index (χ3v) is 7.13. The number of hydrogen-bond acceptors (Lipinski definition) is 2. The van der Waals surface area contributed by atoms with Crippen molar-refractivity contribution >= 4 is 34.1 Å². The van der Waals surface area contributed by atoms with Gasteiger partial charge >= 0.3 is 0 Å². The number of carbonyl (C=O) groups excluding carboxylic acids is 1. The van der Waals surface area contributed by atoms with E-state index < -0.39 is 0 Å². The van der Waals surface area contributed by atoms with Gasteiger partial charge in [0, 0.05) is 17.5 Å². The largest absolute Gasteiger partial charge is 0.325 e. The zero-order valence-corrected chi connectivity index (χ0v) is 16.8. The average molecular weight is 409 g/mol. The molecule has 1 amide bonds. The van der Waals surface area contributed by atoms with Crippen molar-refractivity contribution in [3.8, 4) is 0 Å². The van der Waals surface area contributed by atoms with Crippen molar-refractivity contribution < 1.29 is 9.18 Å². The molecule has 1 atom stereocenters. The second-order valence-corrected chi connectivity index (χ2v) is 8.83. The Morgan fingerprint density at radius 2 is 1.93 bits per heavy atom. The van der Waals surface area contributed by atoms with Gasteiger partial charge in [-0.3, -0.25) is 9.78 Å². The van der Waals surface area contributed by atoms with Crippen molar-refractivity contribution in [3.63, 3.8) is 0 Å². The maximum Gasteiger partial charge on any atom is 0.228 e. The number of rotatable bonds is 3. The van der Waals surface area contributed by atoms with Crippen LogP contribution >= 0.6 is 11.6 Å². The van der Waals surface area contributed by atoms with Crippen LogP contribution in [0, 0.1) is 17.2 Å². The number of benzene rings is 2. The number of halogens is 2. The molecule has 2 aliphatic carbocycles. The van der Waals surface area contributed by atoms with Crippen LogP contribution in [-0.4, -0.2) is 10.9 Å². The van der Waals surface area contributed by atoms with Crippen LogP contribution in [0.4, 0.5) is 10.1 Å². The van der Waals surface area contributed by atoms with E-state index in [0.717, 1.165) is 43.0 Å². The normalized spacial score (nSPS) is 25.9. The Labute approximate surface area is 174 Å². The van der Waals surface area contributed by atoms with Gasteiger partial charge in [-0.15, -0.1) is 0 Å². The van der Waals surface area contributed by atoms with Gasteiger partial charge in [0.2, 0.25) is 5.91 Å². The lowest BCUT2D eigenvalue weighted by Crippen LogP contribution is -2.22. The third-order valence-electron chi connectivity index (χ3n) is 6.80. The molecule has 3 nitrogen and oxygen atoms in total. The van der Waals surface area contributed by atoms with Crippen molar-refractivity contribution in [2.24, 2.45) is 11.3 Å². The van der Waals surface area contributed by atoms with Gasteiger partial charge in [0.25, 0.3) is 0 Å². The summed E-state index contributed by atoms with van der Waals surface area (Å²) in [7, 11) is 0. The van der Waals surface area contributed by atoms with Crippen LogP contribution < -0.4 is 5.32 Å². The topological polar surface area (TPSA) is 42.0 Å². The lowest BCUT2D eigenvalue weighted by Gasteiger charge is -2.30. The Kier molecular flexibility index (Phi) is 4.54. The summed E-state index contributed by atoms with van der Waals surface area (Å²) in [5.74, 6) is 0.303. The molecule has 0 saturated heterocycles. The van der Waals surface area contributed by atoms with E-state index in [-0.39, 0.29) is 23.1 Å². The van der Waals surface area contributed by atoms with Gasteiger partial charge in [0.05, 0.1) is 16.2 Å². The molecule has 1 aromatic heterocycles. The monoisotopic (exact) mass is 408 g/mol. The second-order valence-electron chi connectivity index (χ2n) is 8.42. The van der Waals surface area contributed by atoms with Gasteiger partial charge < -0.3 is 5.32 Å². The number of fused-ring (bicyclic) bond motifs is 1. The Hall–Kier alpha value is -2.46. The van der Waals surface area contributed by atoms with E-state index in [9.17, 15) is 9.18 Å². The Morgan fingerprint density at radius 1 is 1.14 bits per heavy atom. The molecule has 2 aromatic carbocycles. The minimum Gasteiger partial charge on any atom is -0.325 e. The van der Waals surface area contributed by atoms with Gasteiger partial charge in [0.1, 0.15) is 5.82 Å². The van der Waals surface area contributed by atoms with E-state index in [4.69, 9.17) is 11.6 Å². The number of nitrogens with one attached hydrogen (secondary N) is 1. The molecule has 1 spiro atoms. The van der Waals surface area contributed by atoms with Crippen molar-refractivity contribution in [1.29, 1.82) is 0 Å². The zero-order valence-electron chi connectivity index (χ0n) is 16.0. The second kappa shape index (κ2) is 7.10. The van der Waals surface area contributed by atoms with E-state index in [2.05, 4.69) is 10.3 Å². The van der Waals surface area contributed by atoms with Gasteiger partial charge in [-0.05, 0) is 85.4 Å². The molecule has 1 N–H and O–H groups in total. The number of hydrogen-bond donors (Lipinski definition) is 1. The predicted octanol–water partition coefficient (Wildman–Crippen LogP) is 6.33. The molecular formula is C24H22ClFN2O. The quantitative estimate of drug-likeness (QED) is 0.550. The molecule has 5 heteroatoms. The molecule has 2 aliphatic rings. The fourth-order valence-corrected chi connectivity index (χ4v) is 5.24. The molecule has 3 aromatic rings. The van der Waals surface area contributed by atoms with Crippen molar-refractivity contribution in [2.75, 3.05) is 5.32 Å². The molecule has 29 heavy (non-hydrogen) atoms. The minimum atomic E-state index is -0.225. The number of amides is 1. The van der Waals surface area contributed by atoms with Crippen LogP contribution in [0.1, 0.15) is 43.6 Å². The Bertz CT molecular complexity index is 1090. The highest BCUT2D eigenvalue weighted by Crippen LogP contribution is 2.63. The molecule has 1 heterocycles. The van der Waals surface area contributed by atoms with Crippen LogP contribution in [-0.2, 0) is 4.79 Å². The van der Waals surface area contributed by atoms with Crippen LogP contribution in [0.5, 0.6) is 0 Å². The molecule has 2 fully saturated rings. The highest BCUT2D eigenvalue weighted by atomic mass is 35.5. The first-order valence-corrected chi connectivity index (χ1v) is 10.5. The molecule has 0 aliphatic heterocycles. The van der Waals surface area contributed by atoms with Crippen LogP contribution in [0.25, 0.3) is 10.9 Å². The van der Waals surface area contributed by atoms with E-state index in [0.29, 0.717) is 16.6 Å². The van der Waals surface area contributed by atoms with Crippen LogP contribution in [0.15, 0.2) is 54.7 Å². The summed E-state index contributed by atoms with van der Waals surface area (Å²) < 4.78 is 13.8. The predicted molar refractivity (Wildman–Crippen MR) is 114 cm³/mol. The summed E-state index contributed by atoms with van der Waals surface area (Å²) in [5, 5.41) is 4.48. The first-order chi connectivity index (χ1) is 14.1. The summed E-state index contributed by atoms with van der Waals surface area (Å²) >= 11 is 6.17. The number of aromatic nitrogens is 1. The number of carbonyl (C=O) groups is 1. The highest BCUT2D eigenvalue weighted by molar-refractivity contribution is 6.33. The fourth-order valence-electron chi connectivity index (χ4n) is 5.05. The van der Waals surface area contributed by atoms with Crippen LogP contribution in [0.2, 0.25) is 5.02 Å². The molecule has 0 bridgehead atoms.